The van der Waals surface area contributed by atoms with Gasteiger partial charge >= 0.3 is 49.6 Å². The molecule has 28 nitrogen and oxygen atoms in total. The molecule has 14 N–H and O–H groups in total. The fourth-order valence-corrected chi connectivity index (χ4v) is 9.67. The maximum absolute atomic E-state index is 14.4. The van der Waals surface area contributed by atoms with Crippen molar-refractivity contribution in [1.82, 2.24) is 46.2 Å². The Hall–Kier alpha value is -6.04. The first kappa shape index (κ1) is 58.3. The van der Waals surface area contributed by atoms with Gasteiger partial charge in [-0.15, -0.1) is 0 Å². The zero-order chi connectivity index (χ0) is 51.0. The first-order valence-electron chi connectivity index (χ1n) is 22.7. The Kier molecular flexibility index (Phi) is 22.8. The number of nitrogens with zero attached hydrogens (tertiary/aromatic N) is 5. The molecule has 4 aliphatic heterocycles. The average molecular weight is 1050 g/mol. The van der Waals surface area contributed by atoms with E-state index >= 15 is 0 Å². The van der Waals surface area contributed by atoms with Crippen molar-refractivity contribution in [2.24, 2.45) is 28.3 Å². The molecule has 29 heteroatoms. The van der Waals surface area contributed by atoms with Crippen molar-refractivity contribution in [1.29, 1.82) is 0 Å². The molecule has 6 atom stereocenters. The third-order valence-electron chi connectivity index (χ3n) is 12.7. The molecule has 4 heterocycles. The molecule has 4 saturated heterocycles. The monoisotopic (exact) mass is 1050 g/mol. The van der Waals surface area contributed by atoms with Crippen LogP contribution >= 0.6 is 0 Å². The number of rotatable bonds is 22. The molecule has 4 fully saturated rings. The van der Waals surface area contributed by atoms with Crippen LogP contribution in [0.25, 0.3) is 0 Å². The third-order valence-corrected chi connectivity index (χ3v) is 12.7. The predicted octanol–water partition coefficient (Wildman–Crippen LogP) is -5.98. The number of guanidine groups is 1. The number of piperidine rings is 1. The van der Waals surface area contributed by atoms with E-state index in [4.69, 9.17) is 11.5 Å². The molecule has 2 bridgehead atoms. The van der Waals surface area contributed by atoms with E-state index in [-0.39, 0.29) is 123 Å². The molecule has 0 spiro atoms. The Bertz CT molecular complexity index is 1950. The van der Waals surface area contributed by atoms with Gasteiger partial charge < -0.3 is 68.5 Å². The minimum Gasteiger partial charge on any atom is -0.481 e. The largest absolute Gasteiger partial charge is 3.00 e. The van der Waals surface area contributed by atoms with Crippen molar-refractivity contribution < 1.29 is 78.3 Å². The van der Waals surface area contributed by atoms with Crippen LogP contribution in [0.4, 0.5) is 0 Å². The zero-order valence-corrected chi connectivity index (χ0v) is 41.1. The SMILES string of the molecule is NC(N)=NCCC[C@@H]1NC(=O)[C@@H]2CC[C@H]3C[C@@H](CNC(=O)CCCCC4(N(CC(=O)O)CC(=O)O)CN(CC(=O)O)CCN(CC(=O)O)C4)[C@@H](CNC(=O)[C@H](CC(=O)O)NC(=O)CNC1=O)C(=O)N32.[68Ga+3]. The van der Waals surface area contributed by atoms with Crippen molar-refractivity contribution in [3.8, 4) is 0 Å². The molecule has 0 radical (unpaired) electrons. The minimum absolute atomic E-state index is 0. The average Bonchev–Trinajstić information content (AvgIpc) is 3.60. The summed E-state index contributed by atoms with van der Waals surface area (Å²) in [6.45, 7) is -3.53. The molecule has 6 amide bonds. The summed E-state index contributed by atoms with van der Waals surface area (Å²) in [7, 11) is 0. The minimum atomic E-state index is -1.61. The van der Waals surface area contributed by atoms with E-state index in [0.29, 0.717) is 6.42 Å². The van der Waals surface area contributed by atoms with Crippen LogP contribution in [0, 0.1) is 11.8 Å². The van der Waals surface area contributed by atoms with Crippen molar-refractivity contribution in [3.63, 3.8) is 0 Å². The Morgan fingerprint density at radius 3 is 1.94 bits per heavy atom. The number of fused-ring (bicyclic) bond motifs is 1. The molecule has 4 aliphatic rings. The summed E-state index contributed by atoms with van der Waals surface area (Å²) in [5.41, 5.74) is 9.44. The molecule has 0 aromatic rings. The number of aliphatic carboxylic acids is 5. The molecule has 0 aromatic heterocycles. The summed E-state index contributed by atoms with van der Waals surface area (Å²) >= 11 is 0. The molecule has 0 unspecified atom stereocenters. The predicted molar refractivity (Wildman–Crippen MR) is 242 cm³/mol. The molecular formula is C41H64GaN12O16+3. The summed E-state index contributed by atoms with van der Waals surface area (Å²) in [6.07, 6.45) is 0.564. The van der Waals surface area contributed by atoms with Gasteiger partial charge in [0.2, 0.25) is 35.4 Å². The van der Waals surface area contributed by atoms with E-state index in [1.165, 1.54) is 19.6 Å². The van der Waals surface area contributed by atoms with Crippen molar-refractivity contribution in [3.05, 3.63) is 0 Å². The van der Waals surface area contributed by atoms with E-state index in [0.717, 1.165) is 0 Å². The smallest absolute Gasteiger partial charge is 0.481 e. The number of carbonyl (C=O) groups is 11. The number of nitrogens with two attached hydrogens (primary N) is 2. The number of hydrogen-bond acceptors (Lipinski definition) is 15. The number of carbonyl (C=O) groups excluding carboxylic acids is 6. The normalized spacial score (nSPS) is 24.4. The number of carboxylic acid groups (broad SMARTS) is 5. The Balaban J connectivity index is 0.0000130. The van der Waals surface area contributed by atoms with Crippen LogP contribution in [0.15, 0.2) is 4.99 Å². The summed E-state index contributed by atoms with van der Waals surface area (Å²) in [5, 5.41) is 61.1. The van der Waals surface area contributed by atoms with Gasteiger partial charge in [0.25, 0.3) is 0 Å². The number of hydrogen-bond donors (Lipinski definition) is 12. The number of nitrogens with one attached hydrogen (secondary N) is 5. The van der Waals surface area contributed by atoms with Gasteiger partial charge in [-0.3, -0.25) is 72.4 Å². The maximum atomic E-state index is 14.4. The van der Waals surface area contributed by atoms with Crippen LogP contribution in [0.3, 0.4) is 0 Å². The Morgan fingerprint density at radius 1 is 0.757 bits per heavy atom. The standard InChI is InChI=1S/C41H64N12O16.Ga/c42-40(43)44-9-3-4-26-36(66)47-16-30(55)48-27(13-31(56)57)37(67)46-15-25-23(12-24-6-7-28(38(68)49-26)53(24)39(25)69)14-45-29(54)5-1-2-8-41(52(19-34(62)63)20-35(64)65)21-50(17-32(58)59)10-11-51(22-41)18-33(60)61;/h23-28H,1-22H2,(H,45,54)(H,46,67)(H,47,66)(H,48,55)(H,49,68)(H,56,57)(H,58,59)(H,60,61)(H,62,63)(H,64,65)(H4,42,43,44);/q;+3/t23-,24-,25+,26-,27-,28-;/m0./s1/i;1-2. The molecule has 0 aliphatic carbocycles. The first-order chi connectivity index (χ1) is 32.6. The van der Waals surface area contributed by atoms with E-state index in [2.05, 4.69) is 31.6 Å². The van der Waals surface area contributed by atoms with E-state index in [1.54, 1.807) is 0 Å². The zero-order valence-electron chi connectivity index (χ0n) is 38.7. The number of amides is 6. The van der Waals surface area contributed by atoms with Gasteiger partial charge in [0, 0.05) is 63.8 Å². The fraction of sp³-hybridized carbons (Fsp3) is 0.707. The van der Waals surface area contributed by atoms with E-state index < -0.39 is 146 Å². The van der Waals surface area contributed by atoms with Gasteiger partial charge in [-0.25, -0.2) is 0 Å². The van der Waals surface area contributed by atoms with Crippen LogP contribution in [-0.4, -0.2) is 244 Å². The summed E-state index contributed by atoms with van der Waals surface area (Å²) in [5.74, 6) is -12.7. The Labute approximate surface area is 415 Å². The van der Waals surface area contributed by atoms with Crippen LogP contribution in [0.5, 0.6) is 0 Å². The summed E-state index contributed by atoms with van der Waals surface area (Å²) in [6, 6.07) is -4.32. The molecule has 384 valence electrons. The van der Waals surface area contributed by atoms with E-state index in [9.17, 15) is 78.3 Å². The van der Waals surface area contributed by atoms with Crippen molar-refractivity contribution >= 4 is 91.0 Å². The van der Waals surface area contributed by atoms with Gasteiger partial charge in [-0.1, -0.05) is 6.42 Å². The quantitative estimate of drug-likeness (QED) is 0.0208. The van der Waals surface area contributed by atoms with E-state index in [1.807, 2.05) is 0 Å². The number of aliphatic imine (C=N–C) groups is 1. The molecular weight excluding hydrogens is 984 g/mol. The van der Waals surface area contributed by atoms with Gasteiger partial charge in [0.15, 0.2) is 5.96 Å². The molecule has 70 heavy (non-hydrogen) atoms. The Morgan fingerprint density at radius 2 is 1.37 bits per heavy atom. The van der Waals surface area contributed by atoms with Crippen LogP contribution < -0.4 is 38.1 Å². The van der Waals surface area contributed by atoms with Crippen LogP contribution in [0.1, 0.15) is 64.2 Å². The molecule has 0 aromatic carbocycles. The second-order valence-electron chi connectivity index (χ2n) is 17.9. The second-order valence-corrected chi connectivity index (χ2v) is 17.9. The summed E-state index contributed by atoms with van der Waals surface area (Å²) in [4.78, 5) is 150. The second kappa shape index (κ2) is 27.4. The fourth-order valence-electron chi connectivity index (χ4n) is 9.67. The maximum Gasteiger partial charge on any atom is 3.00 e. The van der Waals surface area contributed by atoms with Crippen molar-refractivity contribution in [2.45, 2.75) is 93.9 Å². The van der Waals surface area contributed by atoms with Gasteiger partial charge in [-0.2, -0.15) is 0 Å². The molecule has 0 saturated carbocycles. The van der Waals surface area contributed by atoms with Gasteiger partial charge in [0.05, 0.1) is 45.1 Å². The number of carboxylic acids is 5. The first-order valence-corrected chi connectivity index (χ1v) is 22.7. The number of unbranched alkanes of at least 4 members (excludes halogenated alkanes) is 1. The van der Waals surface area contributed by atoms with Gasteiger partial charge in [-0.05, 0) is 50.9 Å². The third kappa shape index (κ3) is 17.7. The van der Waals surface area contributed by atoms with Crippen LogP contribution in [0.2, 0.25) is 0 Å². The molecule has 4 rings (SSSR count). The van der Waals surface area contributed by atoms with Crippen molar-refractivity contribution in [2.75, 3.05) is 78.5 Å². The topological polar surface area (TPSA) is 426 Å². The van der Waals surface area contributed by atoms with Gasteiger partial charge in [0.1, 0.15) is 18.1 Å². The van der Waals surface area contributed by atoms with Crippen LogP contribution in [-0.2, 0) is 52.7 Å². The summed E-state index contributed by atoms with van der Waals surface area (Å²) < 4.78 is 0.